The van der Waals surface area contributed by atoms with Crippen LogP contribution >= 0.6 is 27.3 Å². The summed E-state index contributed by atoms with van der Waals surface area (Å²) in [4.78, 5) is 8.68. The molecule has 0 bridgehead atoms. The van der Waals surface area contributed by atoms with E-state index in [0.717, 1.165) is 15.3 Å². The molecule has 0 aliphatic heterocycles. The number of anilines is 3. The zero-order valence-corrected chi connectivity index (χ0v) is 12.0. The van der Waals surface area contributed by atoms with Gasteiger partial charge in [-0.15, -0.1) is 11.3 Å². The van der Waals surface area contributed by atoms with Gasteiger partial charge >= 0.3 is 0 Å². The smallest absolute Gasteiger partial charge is 0.188 e. The Morgan fingerprint density at radius 3 is 2.82 bits per heavy atom. The third-order valence-electron chi connectivity index (χ3n) is 2.22. The lowest BCUT2D eigenvalue weighted by atomic mass is 10.2. The number of nitrogens with one attached hydrogen (secondary N) is 1. The van der Waals surface area contributed by atoms with Gasteiger partial charge in [0.2, 0.25) is 0 Å². The molecule has 0 aliphatic carbocycles. The molecule has 0 amide bonds. The van der Waals surface area contributed by atoms with E-state index in [0.29, 0.717) is 17.4 Å². The number of nitrogens with zero attached hydrogens (tertiary/aromatic N) is 2. The molecule has 2 aromatic rings. The largest absolute Gasteiger partial charge is 0.396 e. The number of thiazole rings is 1. The third-order valence-corrected chi connectivity index (χ3v) is 3.43. The summed E-state index contributed by atoms with van der Waals surface area (Å²) in [5.41, 5.74) is 7.53. The molecule has 3 N–H and O–H groups in total. The van der Waals surface area contributed by atoms with E-state index in [1.165, 1.54) is 0 Å². The van der Waals surface area contributed by atoms with Crippen molar-refractivity contribution >= 4 is 43.9 Å². The summed E-state index contributed by atoms with van der Waals surface area (Å²) in [6.07, 6.45) is 1.70. The highest BCUT2D eigenvalue weighted by Crippen LogP contribution is 2.27. The maximum Gasteiger partial charge on any atom is 0.188 e. The molecule has 90 valence electrons. The topological polar surface area (TPSA) is 63.8 Å². The highest BCUT2D eigenvalue weighted by atomic mass is 79.9. The Balaban J connectivity index is 2.19. The summed E-state index contributed by atoms with van der Waals surface area (Å²) in [5, 5.41) is 5.98. The number of nitrogen functional groups attached to an aromatic ring is 1. The van der Waals surface area contributed by atoms with Crippen molar-refractivity contribution in [3.63, 3.8) is 0 Å². The van der Waals surface area contributed by atoms with E-state index < -0.39 is 0 Å². The minimum absolute atomic E-state index is 0.428. The van der Waals surface area contributed by atoms with Gasteiger partial charge in [-0.3, -0.25) is 0 Å². The van der Waals surface area contributed by atoms with Gasteiger partial charge in [0.15, 0.2) is 10.9 Å². The maximum absolute atomic E-state index is 5.86. The van der Waals surface area contributed by atoms with Crippen LogP contribution < -0.4 is 11.1 Å². The first-order chi connectivity index (χ1) is 8.06. The number of pyridine rings is 1. The second kappa shape index (κ2) is 5.01. The molecule has 0 aliphatic rings. The first-order valence-corrected chi connectivity index (χ1v) is 6.87. The minimum Gasteiger partial charge on any atom is -0.396 e. The van der Waals surface area contributed by atoms with Crippen molar-refractivity contribution in [3.05, 3.63) is 27.8 Å². The molecule has 17 heavy (non-hydrogen) atoms. The van der Waals surface area contributed by atoms with Gasteiger partial charge in [-0.2, -0.15) is 0 Å². The molecule has 0 atom stereocenters. The van der Waals surface area contributed by atoms with Crippen LogP contribution in [0.2, 0.25) is 0 Å². The highest BCUT2D eigenvalue weighted by Gasteiger charge is 2.08. The Morgan fingerprint density at radius 1 is 1.47 bits per heavy atom. The molecule has 0 fully saturated rings. The number of nitrogens with two attached hydrogens (primary N) is 1. The highest BCUT2D eigenvalue weighted by molar-refractivity contribution is 9.10. The molecule has 0 saturated carbocycles. The molecule has 2 heterocycles. The monoisotopic (exact) mass is 312 g/mol. The summed E-state index contributed by atoms with van der Waals surface area (Å²) < 4.78 is 0.863. The Hall–Kier alpha value is -1.14. The van der Waals surface area contributed by atoms with Crippen LogP contribution in [0.25, 0.3) is 0 Å². The lowest BCUT2D eigenvalue weighted by Gasteiger charge is -2.05. The molecule has 2 aromatic heterocycles. The first-order valence-electron chi connectivity index (χ1n) is 5.19. The Bertz CT molecular complexity index is 524. The van der Waals surface area contributed by atoms with E-state index >= 15 is 0 Å². The molecular formula is C11H13BrN4S. The fourth-order valence-corrected chi connectivity index (χ4v) is 2.49. The average Bonchev–Trinajstić information content (AvgIpc) is 2.71. The summed E-state index contributed by atoms with van der Waals surface area (Å²) in [5.74, 6) is 1.06. The first kappa shape index (κ1) is 12.3. The van der Waals surface area contributed by atoms with Crippen molar-refractivity contribution in [3.8, 4) is 0 Å². The SMILES string of the molecule is CC(C)c1csc(Nc2ncc(Br)cc2N)n1. The summed E-state index contributed by atoms with van der Waals surface area (Å²) in [6.45, 7) is 4.23. The van der Waals surface area contributed by atoms with Crippen molar-refractivity contribution in [1.29, 1.82) is 0 Å². The normalized spacial score (nSPS) is 10.8. The summed E-state index contributed by atoms with van der Waals surface area (Å²) in [6, 6.07) is 1.81. The van der Waals surface area contributed by atoms with Crippen LogP contribution in [0.1, 0.15) is 25.5 Å². The van der Waals surface area contributed by atoms with E-state index in [1.54, 1.807) is 17.5 Å². The molecule has 0 unspecified atom stereocenters. The van der Waals surface area contributed by atoms with E-state index in [4.69, 9.17) is 5.73 Å². The molecular weight excluding hydrogens is 300 g/mol. The number of halogens is 1. The second-order valence-electron chi connectivity index (χ2n) is 3.95. The number of hydrogen-bond donors (Lipinski definition) is 2. The molecule has 0 aromatic carbocycles. The Morgan fingerprint density at radius 2 is 2.24 bits per heavy atom. The van der Waals surface area contributed by atoms with Crippen LogP contribution in [0.3, 0.4) is 0 Å². The Labute approximate surface area is 112 Å². The molecule has 6 heteroatoms. The van der Waals surface area contributed by atoms with Crippen LogP contribution in [0.4, 0.5) is 16.6 Å². The van der Waals surface area contributed by atoms with E-state index in [-0.39, 0.29) is 0 Å². The molecule has 0 radical (unpaired) electrons. The van der Waals surface area contributed by atoms with Crippen molar-refractivity contribution < 1.29 is 0 Å². The second-order valence-corrected chi connectivity index (χ2v) is 5.72. The summed E-state index contributed by atoms with van der Waals surface area (Å²) in [7, 11) is 0. The number of hydrogen-bond acceptors (Lipinski definition) is 5. The van der Waals surface area contributed by atoms with Gasteiger partial charge in [-0.05, 0) is 27.9 Å². The van der Waals surface area contributed by atoms with Gasteiger partial charge < -0.3 is 11.1 Å². The zero-order chi connectivity index (χ0) is 12.4. The van der Waals surface area contributed by atoms with Crippen LogP contribution in [0.5, 0.6) is 0 Å². The molecule has 0 saturated heterocycles. The van der Waals surface area contributed by atoms with Crippen LogP contribution in [0.15, 0.2) is 22.1 Å². The average molecular weight is 313 g/mol. The Kier molecular flexibility index (Phi) is 3.63. The van der Waals surface area contributed by atoms with Crippen molar-refractivity contribution in [1.82, 2.24) is 9.97 Å². The lowest BCUT2D eigenvalue weighted by molar-refractivity contribution is 0.834. The van der Waals surface area contributed by atoms with Gasteiger partial charge in [0, 0.05) is 16.0 Å². The van der Waals surface area contributed by atoms with Crippen molar-refractivity contribution in [2.24, 2.45) is 0 Å². The van der Waals surface area contributed by atoms with Crippen molar-refractivity contribution in [2.75, 3.05) is 11.1 Å². The third kappa shape index (κ3) is 2.95. The van der Waals surface area contributed by atoms with Crippen LogP contribution in [-0.2, 0) is 0 Å². The van der Waals surface area contributed by atoms with Crippen LogP contribution in [-0.4, -0.2) is 9.97 Å². The fourth-order valence-electron chi connectivity index (χ4n) is 1.27. The maximum atomic E-state index is 5.86. The molecule has 0 spiro atoms. The van der Waals surface area contributed by atoms with E-state index in [2.05, 4.69) is 45.1 Å². The van der Waals surface area contributed by atoms with E-state index in [1.807, 2.05) is 11.4 Å². The van der Waals surface area contributed by atoms with Gasteiger partial charge in [0.25, 0.3) is 0 Å². The van der Waals surface area contributed by atoms with Gasteiger partial charge in [0.05, 0.1) is 11.4 Å². The standard InChI is InChI=1S/C11H13BrN4S/c1-6(2)9-5-17-11(15-9)16-10-8(13)3-7(12)4-14-10/h3-6H,13H2,1-2H3,(H,14,15,16). The zero-order valence-electron chi connectivity index (χ0n) is 9.57. The predicted molar refractivity (Wildman–Crippen MR) is 75.8 cm³/mol. The number of aromatic nitrogens is 2. The number of rotatable bonds is 3. The van der Waals surface area contributed by atoms with Gasteiger partial charge in [-0.1, -0.05) is 13.8 Å². The van der Waals surface area contributed by atoms with Crippen molar-refractivity contribution in [2.45, 2.75) is 19.8 Å². The molecule has 4 nitrogen and oxygen atoms in total. The summed E-state index contributed by atoms with van der Waals surface area (Å²) >= 11 is 4.88. The minimum atomic E-state index is 0.428. The van der Waals surface area contributed by atoms with Crippen LogP contribution in [0, 0.1) is 0 Å². The molecule has 2 rings (SSSR count). The predicted octanol–water partition coefficient (Wildman–Crippen LogP) is 3.75. The lowest BCUT2D eigenvalue weighted by Crippen LogP contribution is -1.99. The van der Waals surface area contributed by atoms with Gasteiger partial charge in [-0.25, -0.2) is 9.97 Å². The quantitative estimate of drug-likeness (QED) is 0.906. The van der Waals surface area contributed by atoms with E-state index in [9.17, 15) is 0 Å². The van der Waals surface area contributed by atoms with Gasteiger partial charge in [0.1, 0.15) is 0 Å². The fraction of sp³-hybridized carbons (Fsp3) is 0.273.